The fourth-order valence-electron chi connectivity index (χ4n) is 11.0. The zero-order valence-electron chi connectivity index (χ0n) is 70.5. The van der Waals surface area contributed by atoms with Crippen molar-refractivity contribution >= 4 is 7.32 Å². The Morgan fingerprint density at radius 3 is 0.237 bits per heavy atom. The van der Waals surface area contributed by atoms with E-state index in [1.165, 1.54) is 174 Å². The lowest BCUT2D eigenvalue weighted by Gasteiger charge is -2.21. The van der Waals surface area contributed by atoms with Gasteiger partial charge < -0.3 is 29.8 Å². The lowest BCUT2D eigenvalue weighted by atomic mass is 10.0. The van der Waals surface area contributed by atoms with Crippen LogP contribution < -0.4 is 0 Å². The third-order valence-electron chi connectivity index (χ3n) is 18.1. The molecule has 0 aliphatic rings. The van der Waals surface area contributed by atoms with Crippen LogP contribution in [0.25, 0.3) is 44.5 Å². The molecule has 0 saturated heterocycles. The van der Waals surface area contributed by atoms with Crippen LogP contribution >= 0.6 is 0 Å². The summed E-state index contributed by atoms with van der Waals surface area (Å²) in [6.07, 6.45) is 24.3. The van der Waals surface area contributed by atoms with Gasteiger partial charge in [-0.3, -0.25) is 0 Å². The van der Waals surface area contributed by atoms with Gasteiger partial charge in [0, 0.05) is 0 Å². The predicted molar refractivity (Wildman–Crippen MR) is 402 cm³/mol. The predicted octanol–water partition coefficient (Wildman–Crippen LogP) is 28.0. The Morgan fingerprint density at radius 2 is 0.183 bits per heavy atom. The lowest BCUT2D eigenvalue weighted by molar-refractivity contribution is 0.261. The van der Waals surface area contributed by atoms with E-state index in [9.17, 15) is 176 Å². The third-order valence-corrected chi connectivity index (χ3v) is 18.1. The van der Waals surface area contributed by atoms with Crippen LogP contribution in [0.1, 0.15) is 178 Å². The first kappa shape index (κ1) is 120. The highest BCUT2D eigenvalue weighted by atomic mass is 19.2. The minimum absolute atomic E-state index is 1.32. The Labute approximate surface area is 724 Å². The summed E-state index contributed by atoms with van der Waals surface area (Å²) in [5.41, 5.74) is -18.1. The lowest BCUT2D eigenvalue weighted by Crippen LogP contribution is -2.27. The fourth-order valence-corrected chi connectivity index (χ4v) is 11.0. The highest BCUT2D eigenvalue weighted by Gasteiger charge is 2.40. The van der Waals surface area contributed by atoms with Crippen LogP contribution in [-0.4, -0.2) is 96.0 Å². The van der Waals surface area contributed by atoms with E-state index in [0.29, 0.717) is 0 Å². The Morgan fingerprint density at radius 1 is 0.130 bits per heavy atom. The number of unbranched alkanes of at least 4 members (excludes halogenated alkanes) is 9. The van der Waals surface area contributed by atoms with Crippen molar-refractivity contribution in [3.63, 3.8) is 0 Å². The Bertz CT molecular complexity index is 3930. The Kier molecular flexibility index (Phi) is 52.5. The summed E-state index contributed by atoms with van der Waals surface area (Å²) in [4.78, 5) is 7.91. The largest absolute Gasteiger partial charge is 0.631 e. The van der Waals surface area contributed by atoms with E-state index in [-0.39, 0.29) is 0 Å². The molecular formula is C84H84BF40N3O3. The topological polar surface area (TPSA) is 70.4 Å². The van der Waals surface area contributed by atoms with Gasteiger partial charge in [0.25, 0.3) is 0 Å². The molecule has 0 radical (unpaired) electrons. The van der Waals surface area contributed by atoms with E-state index < -0.39 is 285 Å². The molecule has 8 rings (SSSR count). The summed E-state index contributed by atoms with van der Waals surface area (Å²) >= 11 is 0. The quantitative estimate of drug-likeness (QED) is 0.0174. The van der Waals surface area contributed by atoms with Gasteiger partial charge in [0.05, 0.1) is 44.5 Å². The van der Waals surface area contributed by atoms with Crippen LogP contribution in [-0.2, 0) is 0 Å². The molecule has 0 unspecified atom stereocenters. The summed E-state index contributed by atoms with van der Waals surface area (Å²) in [6, 6.07) is 0. The molecule has 131 heavy (non-hydrogen) atoms. The number of halogens is 40. The minimum Gasteiger partial charge on any atom is -0.402 e. The van der Waals surface area contributed by atoms with Gasteiger partial charge in [-0.1, -0.05) is 120 Å². The summed E-state index contributed by atoms with van der Waals surface area (Å²) in [7, 11) is -2.17. The summed E-state index contributed by atoms with van der Waals surface area (Å²) < 4.78 is 525. The van der Waals surface area contributed by atoms with Gasteiger partial charge >= 0.3 is 7.32 Å². The molecule has 0 aromatic heterocycles. The number of hydrogen-bond donors (Lipinski definition) is 3. The number of benzene rings is 8. The molecule has 0 aliphatic carbocycles. The van der Waals surface area contributed by atoms with E-state index in [0.717, 1.165) is 0 Å². The summed E-state index contributed by atoms with van der Waals surface area (Å²) in [6.45, 7) is 32.3. The van der Waals surface area contributed by atoms with Crippen molar-refractivity contribution in [2.45, 2.75) is 178 Å². The van der Waals surface area contributed by atoms with Gasteiger partial charge in [0.15, 0.2) is 186 Å². The van der Waals surface area contributed by atoms with Crippen molar-refractivity contribution in [1.29, 1.82) is 0 Å². The average Bonchev–Trinajstić information content (AvgIpc) is 0.766. The first-order valence-electron chi connectivity index (χ1n) is 39.5. The van der Waals surface area contributed by atoms with Crippen LogP contribution in [0.5, 0.6) is 0 Å². The van der Waals surface area contributed by atoms with Gasteiger partial charge in [0.2, 0.25) is 46.5 Å². The highest BCUT2D eigenvalue weighted by molar-refractivity contribution is 6.30. The first-order valence-corrected chi connectivity index (χ1v) is 39.5. The van der Waals surface area contributed by atoms with Gasteiger partial charge in [-0.15, -0.1) is 0 Å². The normalized spacial score (nSPS) is 11.0. The summed E-state index contributed by atoms with van der Waals surface area (Å²) in [5.74, 6) is -107. The van der Waals surface area contributed by atoms with Crippen LogP contribution in [0.15, 0.2) is 0 Å². The van der Waals surface area contributed by atoms with Crippen LogP contribution in [0.4, 0.5) is 176 Å². The molecule has 6 nitrogen and oxygen atoms in total. The van der Waals surface area contributed by atoms with Gasteiger partial charge in [-0.05, 0) is 117 Å². The molecule has 8 aromatic rings. The maximum atomic E-state index is 13.4. The van der Waals surface area contributed by atoms with Crippen LogP contribution in [0.2, 0.25) is 0 Å². The van der Waals surface area contributed by atoms with E-state index in [2.05, 4.69) is 77.0 Å². The molecule has 0 heterocycles. The molecule has 0 amide bonds. The molecule has 47 heteroatoms. The molecule has 0 aliphatic heterocycles. The zero-order valence-corrected chi connectivity index (χ0v) is 70.5. The van der Waals surface area contributed by atoms with Gasteiger partial charge in [-0.25, -0.2) is 176 Å². The van der Waals surface area contributed by atoms with E-state index in [4.69, 9.17) is 15.1 Å². The maximum Gasteiger partial charge on any atom is 0.631 e. The standard InChI is InChI=1S/4C12F10.3C12H27N.BH3O3/c4*13-3-1(4(14)8(18)11(21)7(3)17)2-5(15)9(19)12(22)10(20)6(2)16;3*1-4-7-10-13(11-8-5-2)12-9-6-3;2-1(3)4/h;;;;3*4-12H2,1-3H3;2-4H. The van der Waals surface area contributed by atoms with Crippen molar-refractivity contribution in [2.75, 3.05) is 58.9 Å². The van der Waals surface area contributed by atoms with E-state index in [1.807, 2.05) is 0 Å². The molecule has 0 fully saturated rings. The number of nitrogens with zero attached hydrogens (tertiary/aromatic N) is 3. The second-order valence-corrected chi connectivity index (χ2v) is 27.6. The van der Waals surface area contributed by atoms with Gasteiger partial charge in [0.1, 0.15) is 0 Å². The molecule has 3 N–H and O–H groups in total. The SMILES string of the molecule is CCCCN(CCCC)CCCC.CCCCN(CCCC)CCCC.CCCCN(CCCC)CCCC.Fc1c(F)c(F)c(-c2c(F)c(F)c(F)c(F)c2F)c(F)c1F.Fc1c(F)c(F)c(-c2c(F)c(F)c(F)c(F)c2F)c(F)c1F.Fc1c(F)c(F)c(-c2c(F)c(F)c(F)c(F)c2F)c(F)c1F.Fc1c(F)c(F)c(-c2c(F)c(F)c(F)c(F)c2F)c(F)c1F.OB(O)O. The second kappa shape index (κ2) is 57.4. The van der Waals surface area contributed by atoms with Crippen molar-refractivity contribution in [1.82, 2.24) is 14.7 Å². The third kappa shape index (κ3) is 30.9. The van der Waals surface area contributed by atoms with Crippen molar-refractivity contribution in [3.8, 4) is 44.5 Å². The van der Waals surface area contributed by atoms with Crippen molar-refractivity contribution < 1.29 is 191 Å². The zero-order chi connectivity index (χ0) is 101. The molecule has 8 aromatic carbocycles. The summed E-state index contributed by atoms with van der Waals surface area (Å²) in [5, 5.41) is 21.5. The number of hydrogen-bond acceptors (Lipinski definition) is 6. The average molecular weight is 1950 g/mol. The molecule has 0 spiro atoms. The molecule has 0 atom stereocenters. The minimum atomic E-state index is -2.68. The smallest absolute Gasteiger partial charge is 0.402 e. The molecule has 736 valence electrons. The fraction of sp³-hybridized carbons (Fsp3) is 0.429. The van der Waals surface area contributed by atoms with Crippen molar-refractivity contribution in [3.05, 3.63) is 233 Å². The highest BCUT2D eigenvalue weighted by Crippen LogP contribution is 2.43. The van der Waals surface area contributed by atoms with Crippen molar-refractivity contribution in [2.24, 2.45) is 0 Å². The second-order valence-electron chi connectivity index (χ2n) is 27.6. The molecular weight excluding hydrogens is 1870 g/mol. The van der Waals surface area contributed by atoms with E-state index >= 15 is 0 Å². The van der Waals surface area contributed by atoms with E-state index in [1.54, 1.807) is 0 Å². The maximum absolute atomic E-state index is 13.4. The molecule has 0 bridgehead atoms. The monoisotopic (exact) mass is 1950 g/mol. The van der Waals surface area contributed by atoms with Crippen LogP contribution in [0.3, 0.4) is 0 Å². The van der Waals surface area contributed by atoms with Crippen LogP contribution in [0, 0.1) is 233 Å². The Hall–Kier alpha value is -9.22. The Balaban J connectivity index is 0.000000768. The molecule has 0 saturated carbocycles. The number of rotatable bonds is 31. The first-order chi connectivity index (χ1) is 61.2. The van der Waals surface area contributed by atoms with Gasteiger partial charge in [-0.2, -0.15) is 0 Å².